The fraction of sp³-hybridized carbons (Fsp3) is 0.333. The van der Waals surface area contributed by atoms with Crippen molar-refractivity contribution >= 4 is 0 Å². The molecule has 0 aliphatic heterocycles. The van der Waals surface area contributed by atoms with E-state index < -0.39 is 0 Å². The number of hydrogen-bond acceptors (Lipinski definition) is 2. The van der Waals surface area contributed by atoms with Gasteiger partial charge < -0.3 is 0 Å². The Balaban J connectivity index is 2.74. The van der Waals surface area contributed by atoms with E-state index in [0.717, 1.165) is 6.42 Å². The summed E-state index contributed by atoms with van der Waals surface area (Å²) >= 11 is 0. The van der Waals surface area contributed by atoms with E-state index in [1.807, 2.05) is 18.2 Å². The van der Waals surface area contributed by atoms with Crippen molar-refractivity contribution in [3.8, 4) is 0 Å². The Morgan fingerprint density at radius 1 is 1.36 bits per heavy atom. The van der Waals surface area contributed by atoms with E-state index in [1.54, 1.807) is 0 Å². The summed E-state index contributed by atoms with van der Waals surface area (Å²) < 4.78 is 0. The van der Waals surface area contributed by atoms with Crippen LogP contribution < -0.4 is 11.3 Å². The molecule has 0 spiro atoms. The highest BCUT2D eigenvalue weighted by atomic mass is 15.2. The molecule has 0 aliphatic rings. The average Bonchev–Trinajstić information content (AvgIpc) is 2.09. The smallest absolute Gasteiger partial charge is 0.0457 e. The van der Waals surface area contributed by atoms with Gasteiger partial charge in [-0.25, -0.2) is 0 Å². The van der Waals surface area contributed by atoms with Gasteiger partial charge in [-0.1, -0.05) is 37.3 Å². The summed E-state index contributed by atoms with van der Waals surface area (Å²) in [5.41, 5.74) is 4.02. The molecule has 60 valence electrons. The van der Waals surface area contributed by atoms with Crippen LogP contribution in [0.4, 0.5) is 0 Å². The lowest BCUT2D eigenvalue weighted by molar-refractivity contribution is 0.539. The van der Waals surface area contributed by atoms with Crippen molar-refractivity contribution in [3.63, 3.8) is 0 Å². The third kappa shape index (κ3) is 2.03. The molecule has 0 amide bonds. The fourth-order valence-electron chi connectivity index (χ4n) is 1.14. The SMILES string of the molecule is CC[C@H](NN)c1ccccc1. The Bertz CT molecular complexity index is 192. The van der Waals surface area contributed by atoms with Gasteiger partial charge >= 0.3 is 0 Å². The van der Waals surface area contributed by atoms with Gasteiger partial charge in [0.2, 0.25) is 0 Å². The van der Waals surface area contributed by atoms with Crippen LogP contribution in [0.25, 0.3) is 0 Å². The molecule has 0 radical (unpaired) electrons. The van der Waals surface area contributed by atoms with Gasteiger partial charge in [0.05, 0.1) is 0 Å². The minimum absolute atomic E-state index is 0.288. The zero-order valence-corrected chi connectivity index (χ0v) is 6.75. The number of rotatable bonds is 3. The molecule has 3 N–H and O–H groups in total. The van der Waals surface area contributed by atoms with Crippen LogP contribution in [0.15, 0.2) is 30.3 Å². The summed E-state index contributed by atoms with van der Waals surface area (Å²) in [6.07, 6.45) is 1.01. The van der Waals surface area contributed by atoms with E-state index in [2.05, 4.69) is 24.5 Å². The van der Waals surface area contributed by atoms with Gasteiger partial charge in [0.1, 0.15) is 0 Å². The molecule has 0 fully saturated rings. The maximum Gasteiger partial charge on any atom is 0.0457 e. The zero-order chi connectivity index (χ0) is 8.10. The third-order valence-corrected chi connectivity index (χ3v) is 1.81. The molecule has 0 saturated carbocycles. The second-order valence-electron chi connectivity index (χ2n) is 2.54. The van der Waals surface area contributed by atoms with E-state index in [9.17, 15) is 0 Å². The molecule has 0 bridgehead atoms. The quantitative estimate of drug-likeness (QED) is 0.507. The van der Waals surface area contributed by atoms with Gasteiger partial charge in [0.25, 0.3) is 0 Å². The van der Waals surface area contributed by atoms with Crippen LogP contribution >= 0.6 is 0 Å². The van der Waals surface area contributed by atoms with Crippen LogP contribution in [0.5, 0.6) is 0 Å². The zero-order valence-electron chi connectivity index (χ0n) is 6.75. The van der Waals surface area contributed by atoms with E-state index in [4.69, 9.17) is 5.84 Å². The van der Waals surface area contributed by atoms with Crippen molar-refractivity contribution in [2.24, 2.45) is 5.84 Å². The predicted molar refractivity (Wildman–Crippen MR) is 46.8 cm³/mol. The van der Waals surface area contributed by atoms with Gasteiger partial charge in [-0.15, -0.1) is 0 Å². The second kappa shape index (κ2) is 4.11. The first-order valence-electron chi connectivity index (χ1n) is 3.89. The lowest BCUT2D eigenvalue weighted by atomic mass is 10.1. The highest BCUT2D eigenvalue weighted by molar-refractivity contribution is 5.18. The summed E-state index contributed by atoms with van der Waals surface area (Å²) in [5.74, 6) is 5.37. The van der Waals surface area contributed by atoms with Gasteiger partial charge in [0, 0.05) is 6.04 Å². The van der Waals surface area contributed by atoms with Gasteiger partial charge in [-0.2, -0.15) is 0 Å². The van der Waals surface area contributed by atoms with E-state index in [1.165, 1.54) is 5.56 Å². The van der Waals surface area contributed by atoms with E-state index in [-0.39, 0.29) is 6.04 Å². The summed E-state index contributed by atoms with van der Waals surface area (Å²) in [6.45, 7) is 2.11. The molecule has 1 atom stereocenters. The molecule has 1 aromatic carbocycles. The van der Waals surface area contributed by atoms with Crippen molar-refractivity contribution in [1.29, 1.82) is 0 Å². The van der Waals surface area contributed by atoms with Crippen LogP contribution in [0.1, 0.15) is 24.9 Å². The monoisotopic (exact) mass is 150 g/mol. The van der Waals surface area contributed by atoms with Crippen molar-refractivity contribution < 1.29 is 0 Å². The highest BCUT2D eigenvalue weighted by Gasteiger charge is 2.03. The molecular weight excluding hydrogens is 136 g/mol. The van der Waals surface area contributed by atoms with Gasteiger partial charge in [-0.05, 0) is 12.0 Å². The normalized spacial score (nSPS) is 12.9. The molecule has 1 aromatic rings. The first-order valence-corrected chi connectivity index (χ1v) is 3.89. The van der Waals surface area contributed by atoms with Crippen LogP contribution in [0.3, 0.4) is 0 Å². The molecule has 0 saturated heterocycles. The second-order valence-corrected chi connectivity index (χ2v) is 2.54. The number of nitrogens with two attached hydrogens (primary N) is 1. The Kier molecular flexibility index (Phi) is 3.08. The van der Waals surface area contributed by atoms with E-state index in [0.29, 0.717) is 0 Å². The third-order valence-electron chi connectivity index (χ3n) is 1.81. The number of hydrogen-bond donors (Lipinski definition) is 2. The number of benzene rings is 1. The average molecular weight is 150 g/mol. The summed E-state index contributed by atoms with van der Waals surface area (Å²) in [5, 5.41) is 0. The van der Waals surface area contributed by atoms with Crippen LogP contribution in [0.2, 0.25) is 0 Å². The first kappa shape index (κ1) is 8.24. The summed E-state index contributed by atoms with van der Waals surface area (Å²) in [6, 6.07) is 10.5. The molecule has 0 aliphatic carbocycles. The van der Waals surface area contributed by atoms with Crippen molar-refractivity contribution in [2.45, 2.75) is 19.4 Å². The number of nitrogens with one attached hydrogen (secondary N) is 1. The number of hydrazine groups is 1. The molecular formula is C9H14N2. The Morgan fingerprint density at radius 2 is 2.00 bits per heavy atom. The topological polar surface area (TPSA) is 38.0 Å². The highest BCUT2D eigenvalue weighted by Crippen LogP contribution is 2.13. The maximum atomic E-state index is 5.37. The lowest BCUT2D eigenvalue weighted by Crippen LogP contribution is -2.27. The van der Waals surface area contributed by atoms with Crippen LogP contribution in [0, 0.1) is 0 Å². The van der Waals surface area contributed by atoms with Crippen LogP contribution in [-0.2, 0) is 0 Å². The fourth-order valence-corrected chi connectivity index (χ4v) is 1.14. The summed E-state index contributed by atoms with van der Waals surface area (Å²) in [7, 11) is 0. The largest absolute Gasteiger partial charge is 0.271 e. The summed E-state index contributed by atoms with van der Waals surface area (Å²) in [4.78, 5) is 0. The van der Waals surface area contributed by atoms with Gasteiger partial charge in [0.15, 0.2) is 0 Å². The van der Waals surface area contributed by atoms with Crippen LogP contribution in [-0.4, -0.2) is 0 Å². The molecule has 0 heterocycles. The minimum Gasteiger partial charge on any atom is -0.271 e. The van der Waals surface area contributed by atoms with Gasteiger partial charge in [-0.3, -0.25) is 11.3 Å². The molecule has 2 heteroatoms. The predicted octanol–water partition coefficient (Wildman–Crippen LogP) is 1.60. The molecule has 0 aromatic heterocycles. The van der Waals surface area contributed by atoms with Crippen molar-refractivity contribution in [3.05, 3.63) is 35.9 Å². The Morgan fingerprint density at radius 3 is 2.45 bits per heavy atom. The molecule has 11 heavy (non-hydrogen) atoms. The van der Waals surface area contributed by atoms with Crippen molar-refractivity contribution in [2.75, 3.05) is 0 Å². The van der Waals surface area contributed by atoms with Crippen molar-refractivity contribution in [1.82, 2.24) is 5.43 Å². The first-order chi connectivity index (χ1) is 5.38. The lowest BCUT2D eigenvalue weighted by Gasteiger charge is -2.12. The molecule has 0 unspecified atom stereocenters. The minimum atomic E-state index is 0.288. The Hall–Kier alpha value is -0.860. The maximum absolute atomic E-state index is 5.37. The van der Waals surface area contributed by atoms with E-state index >= 15 is 0 Å². The Labute approximate surface area is 67.4 Å². The standard InChI is InChI=1S/C9H14N2/c1-2-9(11-10)8-6-4-3-5-7-8/h3-7,9,11H,2,10H2,1H3/t9-/m0/s1. The molecule has 1 rings (SSSR count). The molecule has 2 nitrogen and oxygen atoms in total.